The molecule has 0 bridgehead atoms. The molecule has 0 spiro atoms. The Labute approximate surface area is 133 Å². The van der Waals surface area contributed by atoms with E-state index in [9.17, 15) is 9.90 Å². The van der Waals surface area contributed by atoms with Crippen molar-refractivity contribution in [2.24, 2.45) is 5.92 Å². The lowest BCUT2D eigenvalue weighted by molar-refractivity contribution is 0.0925. The van der Waals surface area contributed by atoms with Crippen molar-refractivity contribution in [3.63, 3.8) is 0 Å². The summed E-state index contributed by atoms with van der Waals surface area (Å²) >= 11 is 0. The maximum Gasteiger partial charge on any atom is 0.254 e. The monoisotopic (exact) mass is 310 g/mol. The van der Waals surface area contributed by atoms with Crippen molar-refractivity contribution in [3.8, 4) is 5.75 Å². The average Bonchev–Trinajstić information content (AvgIpc) is 3.08. The Balaban J connectivity index is 1.98. The molecule has 0 radical (unpaired) electrons. The first kappa shape index (κ1) is 15.0. The SMILES string of the molecule is CC(C)C(NC(=O)c1cn[nH]c1)c1ccc2cccnc2c1O. The van der Waals surface area contributed by atoms with E-state index in [-0.39, 0.29) is 23.6 Å². The Kier molecular flexibility index (Phi) is 3.97. The second-order valence-electron chi connectivity index (χ2n) is 5.76. The second-order valence-corrected chi connectivity index (χ2v) is 5.76. The minimum atomic E-state index is -0.330. The molecule has 3 aromatic rings. The van der Waals surface area contributed by atoms with Crippen LogP contribution in [-0.4, -0.2) is 26.2 Å². The summed E-state index contributed by atoms with van der Waals surface area (Å²) in [6.45, 7) is 3.98. The summed E-state index contributed by atoms with van der Waals surface area (Å²) in [6, 6.07) is 7.11. The van der Waals surface area contributed by atoms with Gasteiger partial charge < -0.3 is 10.4 Å². The quantitative estimate of drug-likeness (QED) is 0.691. The van der Waals surface area contributed by atoms with Crippen molar-refractivity contribution >= 4 is 16.8 Å². The fourth-order valence-corrected chi connectivity index (χ4v) is 2.60. The van der Waals surface area contributed by atoms with E-state index in [0.717, 1.165) is 5.39 Å². The fraction of sp³-hybridized carbons (Fsp3) is 0.235. The molecular formula is C17H18N4O2. The zero-order chi connectivity index (χ0) is 16.4. The summed E-state index contributed by atoms with van der Waals surface area (Å²) in [6.07, 6.45) is 4.64. The van der Waals surface area contributed by atoms with Gasteiger partial charge in [0.25, 0.3) is 5.91 Å². The maximum atomic E-state index is 12.3. The highest BCUT2D eigenvalue weighted by molar-refractivity contribution is 5.94. The van der Waals surface area contributed by atoms with Gasteiger partial charge in [0, 0.05) is 23.3 Å². The molecule has 0 saturated carbocycles. The normalized spacial score (nSPS) is 12.5. The number of nitrogens with zero attached hydrogens (tertiary/aromatic N) is 2. The zero-order valence-electron chi connectivity index (χ0n) is 12.9. The number of aromatic hydroxyl groups is 1. The average molecular weight is 310 g/mol. The minimum absolute atomic E-state index is 0.0953. The predicted octanol–water partition coefficient (Wildman–Crippen LogP) is 2.79. The maximum absolute atomic E-state index is 12.3. The Morgan fingerprint density at radius 1 is 1.30 bits per heavy atom. The molecule has 1 amide bonds. The number of aromatic nitrogens is 3. The molecule has 1 aromatic carbocycles. The first-order valence-electron chi connectivity index (χ1n) is 7.44. The van der Waals surface area contributed by atoms with Crippen molar-refractivity contribution in [3.05, 3.63) is 54.0 Å². The van der Waals surface area contributed by atoms with Crippen LogP contribution < -0.4 is 5.32 Å². The molecule has 0 aliphatic carbocycles. The molecule has 0 saturated heterocycles. The molecule has 1 unspecified atom stereocenters. The van der Waals surface area contributed by atoms with Gasteiger partial charge in [-0.3, -0.25) is 14.9 Å². The van der Waals surface area contributed by atoms with Gasteiger partial charge in [-0.05, 0) is 12.0 Å². The molecule has 3 N–H and O–H groups in total. The molecule has 118 valence electrons. The summed E-state index contributed by atoms with van der Waals surface area (Å²) in [5, 5.41) is 20.8. The number of phenols is 1. The molecule has 2 heterocycles. The first-order chi connectivity index (χ1) is 11.1. The number of pyridine rings is 1. The third-order valence-corrected chi connectivity index (χ3v) is 3.83. The van der Waals surface area contributed by atoms with Gasteiger partial charge in [-0.1, -0.05) is 32.0 Å². The van der Waals surface area contributed by atoms with Crippen LogP contribution in [0.3, 0.4) is 0 Å². The van der Waals surface area contributed by atoms with Crippen molar-refractivity contribution in [1.29, 1.82) is 0 Å². The molecule has 3 rings (SSSR count). The van der Waals surface area contributed by atoms with E-state index >= 15 is 0 Å². The number of carbonyl (C=O) groups is 1. The summed E-state index contributed by atoms with van der Waals surface area (Å²) in [7, 11) is 0. The smallest absolute Gasteiger partial charge is 0.254 e. The third kappa shape index (κ3) is 2.88. The number of H-pyrrole nitrogens is 1. The summed E-state index contributed by atoms with van der Waals surface area (Å²) < 4.78 is 0. The molecular weight excluding hydrogens is 292 g/mol. The van der Waals surface area contributed by atoms with Crippen LogP contribution in [0.1, 0.15) is 35.8 Å². The van der Waals surface area contributed by atoms with Crippen molar-refractivity contribution in [1.82, 2.24) is 20.5 Å². The van der Waals surface area contributed by atoms with Gasteiger partial charge in [0.05, 0.1) is 17.8 Å². The number of nitrogens with one attached hydrogen (secondary N) is 2. The summed E-state index contributed by atoms with van der Waals surface area (Å²) in [5.41, 5.74) is 1.64. The van der Waals surface area contributed by atoms with Gasteiger partial charge in [0.2, 0.25) is 0 Å². The van der Waals surface area contributed by atoms with Gasteiger partial charge in [-0.2, -0.15) is 5.10 Å². The zero-order valence-corrected chi connectivity index (χ0v) is 12.9. The standard InChI is InChI=1S/C17H18N4O2/c1-10(2)14(21-17(23)12-8-19-20-9-12)13-6-5-11-4-3-7-18-15(11)16(13)22/h3-10,14,22H,1-2H3,(H,19,20)(H,21,23). The van der Waals surface area contributed by atoms with Gasteiger partial charge in [-0.15, -0.1) is 0 Å². The predicted molar refractivity (Wildman–Crippen MR) is 87.0 cm³/mol. The van der Waals surface area contributed by atoms with Crippen LogP contribution in [0.2, 0.25) is 0 Å². The molecule has 2 aromatic heterocycles. The van der Waals surface area contributed by atoms with E-state index < -0.39 is 0 Å². The third-order valence-electron chi connectivity index (χ3n) is 3.83. The van der Waals surface area contributed by atoms with Crippen LogP contribution >= 0.6 is 0 Å². The van der Waals surface area contributed by atoms with Gasteiger partial charge in [-0.25, -0.2) is 0 Å². The number of phenolic OH excluding ortho intramolecular Hbond substituents is 1. The molecule has 23 heavy (non-hydrogen) atoms. The number of rotatable bonds is 4. The van der Waals surface area contributed by atoms with Crippen LogP contribution in [0.4, 0.5) is 0 Å². The van der Waals surface area contributed by atoms with E-state index in [1.807, 2.05) is 38.1 Å². The number of benzene rings is 1. The Morgan fingerprint density at radius 3 is 2.83 bits per heavy atom. The highest BCUT2D eigenvalue weighted by Crippen LogP contribution is 2.34. The van der Waals surface area contributed by atoms with Crippen LogP contribution in [0.5, 0.6) is 5.75 Å². The van der Waals surface area contributed by atoms with E-state index in [0.29, 0.717) is 16.6 Å². The van der Waals surface area contributed by atoms with Gasteiger partial charge in [0.1, 0.15) is 11.3 Å². The molecule has 6 nitrogen and oxygen atoms in total. The topological polar surface area (TPSA) is 90.9 Å². The highest BCUT2D eigenvalue weighted by atomic mass is 16.3. The Bertz CT molecular complexity index is 828. The van der Waals surface area contributed by atoms with Crippen LogP contribution in [-0.2, 0) is 0 Å². The largest absolute Gasteiger partial charge is 0.505 e. The van der Waals surface area contributed by atoms with E-state index in [4.69, 9.17) is 0 Å². The number of carbonyl (C=O) groups excluding carboxylic acids is 1. The van der Waals surface area contributed by atoms with Crippen LogP contribution in [0.25, 0.3) is 10.9 Å². The number of aromatic amines is 1. The molecule has 6 heteroatoms. The number of fused-ring (bicyclic) bond motifs is 1. The van der Waals surface area contributed by atoms with E-state index in [1.54, 1.807) is 6.20 Å². The molecule has 0 aliphatic rings. The van der Waals surface area contributed by atoms with Crippen molar-refractivity contribution in [2.75, 3.05) is 0 Å². The summed E-state index contributed by atoms with van der Waals surface area (Å²) in [5.74, 6) is -0.0369. The Morgan fingerprint density at radius 2 is 2.13 bits per heavy atom. The molecule has 1 atom stereocenters. The van der Waals surface area contributed by atoms with Gasteiger partial charge >= 0.3 is 0 Å². The van der Waals surface area contributed by atoms with Gasteiger partial charge in [0.15, 0.2) is 0 Å². The number of hydrogen-bond donors (Lipinski definition) is 3. The molecule has 0 aliphatic heterocycles. The fourth-order valence-electron chi connectivity index (χ4n) is 2.60. The van der Waals surface area contributed by atoms with Crippen LogP contribution in [0, 0.1) is 5.92 Å². The van der Waals surface area contributed by atoms with Crippen molar-refractivity contribution < 1.29 is 9.90 Å². The summed E-state index contributed by atoms with van der Waals surface area (Å²) in [4.78, 5) is 16.5. The lowest BCUT2D eigenvalue weighted by Gasteiger charge is -2.24. The second kappa shape index (κ2) is 6.08. The lowest BCUT2D eigenvalue weighted by atomic mass is 9.93. The lowest BCUT2D eigenvalue weighted by Crippen LogP contribution is -2.31. The highest BCUT2D eigenvalue weighted by Gasteiger charge is 2.23. The van der Waals surface area contributed by atoms with Crippen molar-refractivity contribution in [2.45, 2.75) is 19.9 Å². The van der Waals surface area contributed by atoms with E-state index in [2.05, 4.69) is 20.5 Å². The minimum Gasteiger partial charge on any atom is -0.505 e. The number of hydrogen-bond acceptors (Lipinski definition) is 4. The first-order valence-corrected chi connectivity index (χ1v) is 7.44. The Hall–Kier alpha value is -2.89. The van der Waals surface area contributed by atoms with Crippen LogP contribution in [0.15, 0.2) is 42.9 Å². The number of amides is 1. The molecule has 0 fully saturated rings. The van der Waals surface area contributed by atoms with E-state index in [1.165, 1.54) is 12.4 Å².